The first kappa shape index (κ1) is 16.8. The van der Waals surface area contributed by atoms with Gasteiger partial charge in [-0.05, 0) is 43.5 Å². The molecule has 0 radical (unpaired) electrons. The highest BCUT2D eigenvalue weighted by Crippen LogP contribution is 2.23. The maximum atomic E-state index is 12.6. The monoisotopic (exact) mass is 343 g/mol. The predicted molar refractivity (Wildman–Crippen MR) is 99.1 cm³/mol. The van der Waals surface area contributed by atoms with Crippen molar-refractivity contribution in [3.63, 3.8) is 0 Å². The number of amides is 1. The number of benzene rings is 1. The van der Waals surface area contributed by atoms with E-state index in [0.717, 1.165) is 30.0 Å². The zero-order valence-corrected chi connectivity index (χ0v) is 14.6. The van der Waals surface area contributed by atoms with Crippen LogP contribution in [-0.4, -0.2) is 24.0 Å². The van der Waals surface area contributed by atoms with Crippen LogP contribution in [0.1, 0.15) is 41.6 Å². The minimum Gasteiger partial charge on any atom is -0.370 e. The van der Waals surface area contributed by atoms with Crippen molar-refractivity contribution in [2.24, 2.45) is 0 Å². The average molecular weight is 344 g/mol. The van der Waals surface area contributed by atoms with E-state index < -0.39 is 0 Å². The molecule has 24 heavy (non-hydrogen) atoms. The Balaban J connectivity index is 1.77. The molecule has 3 rings (SSSR count). The van der Waals surface area contributed by atoms with Crippen molar-refractivity contribution in [3.8, 4) is 0 Å². The van der Waals surface area contributed by atoms with E-state index in [4.69, 9.17) is 11.6 Å². The molecule has 0 spiro atoms. The SMILES string of the molecule is Cc1ccc(Cl)cc1NC(=O)c1cncc(N2CCCCCC2)c1. The van der Waals surface area contributed by atoms with Gasteiger partial charge in [0.25, 0.3) is 5.91 Å². The van der Waals surface area contributed by atoms with Crippen molar-refractivity contribution in [3.05, 3.63) is 52.8 Å². The fourth-order valence-electron chi connectivity index (χ4n) is 2.98. The number of aryl methyl sites for hydroxylation is 1. The Hall–Kier alpha value is -2.07. The third-order valence-electron chi connectivity index (χ3n) is 4.41. The molecule has 126 valence electrons. The summed E-state index contributed by atoms with van der Waals surface area (Å²) in [7, 11) is 0. The van der Waals surface area contributed by atoms with E-state index in [1.807, 2.05) is 31.3 Å². The molecule has 4 nitrogen and oxygen atoms in total. The van der Waals surface area contributed by atoms with Crippen molar-refractivity contribution >= 4 is 28.9 Å². The van der Waals surface area contributed by atoms with Crippen LogP contribution in [0.15, 0.2) is 36.7 Å². The molecule has 0 unspecified atom stereocenters. The Morgan fingerprint density at radius 1 is 1.12 bits per heavy atom. The average Bonchev–Trinajstić information content (AvgIpc) is 2.87. The molecule has 2 aromatic rings. The Kier molecular flexibility index (Phi) is 5.36. The van der Waals surface area contributed by atoms with Crippen LogP contribution in [0.3, 0.4) is 0 Å². The Bertz CT molecular complexity index is 724. The second kappa shape index (κ2) is 7.67. The second-order valence-corrected chi connectivity index (χ2v) is 6.68. The summed E-state index contributed by atoms with van der Waals surface area (Å²) in [6.45, 7) is 4.00. The largest absolute Gasteiger partial charge is 0.370 e. The topological polar surface area (TPSA) is 45.2 Å². The van der Waals surface area contributed by atoms with Crippen LogP contribution in [0.25, 0.3) is 0 Å². The molecule has 1 aromatic heterocycles. The van der Waals surface area contributed by atoms with Crippen LogP contribution >= 0.6 is 11.6 Å². The number of pyridine rings is 1. The standard InChI is InChI=1S/C19H22ClN3O/c1-14-6-7-16(20)11-18(14)22-19(24)15-10-17(13-21-12-15)23-8-4-2-3-5-9-23/h6-7,10-13H,2-5,8-9H2,1H3,(H,22,24). The van der Waals surface area contributed by atoms with Crippen molar-refractivity contribution < 1.29 is 4.79 Å². The number of nitrogens with zero attached hydrogens (tertiary/aromatic N) is 2. The normalized spacial score (nSPS) is 15.0. The maximum absolute atomic E-state index is 12.6. The Morgan fingerprint density at radius 2 is 1.88 bits per heavy atom. The molecule has 1 aliphatic heterocycles. The minimum atomic E-state index is -0.162. The molecule has 1 fully saturated rings. The van der Waals surface area contributed by atoms with Gasteiger partial charge < -0.3 is 10.2 Å². The van der Waals surface area contributed by atoms with Gasteiger partial charge in [0, 0.05) is 30.0 Å². The van der Waals surface area contributed by atoms with Gasteiger partial charge in [0.1, 0.15) is 0 Å². The highest BCUT2D eigenvalue weighted by Gasteiger charge is 2.14. The first-order valence-corrected chi connectivity index (χ1v) is 8.79. The molecule has 0 atom stereocenters. The number of rotatable bonds is 3. The van der Waals surface area contributed by atoms with E-state index >= 15 is 0 Å². The summed E-state index contributed by atoms with van der Waals surface area (Å²) in [5.74, 6) is -0.162. The van der Waals surface area contributed by atoms with Crippen molar-refractivity contribution in [1.29, 1.82) is 0 Å². The summed E-state index contributed by atoms with van der Waals surface area (Å²) in [5, 5.41) is 3.53. The van der Waals surface area contributed by atoms with Crippen LogP contribution in [0, 0.1) is 6.92 Å². The van der Waals surface area contributed by atoms with Gasteiger partial charge in [0.05, 0.1) is 17.4 Å². The molecule has 0 saturated carbocycles. The zero-order valence-electron chi connectivity index (χ0n) is 13.9. The number of aromatic nitrogens is 1. The summed E-state index contributed by atoms with van der Waals surface area (Å²) in [6, 6.07) is 7.40. The molecule has 5 heteroatoms. The fourth-order valence-corrected chi connectivity index (χ4v) is 3.15. The van der Waals surface area contributed by atoms with Crippen LogP contribution in [0.5, 0.6) is 0 Å². The molecule has 1 N–H and O–H groups in total. The van der Waals surface area contributed by atoms with E-state index in [9.17, 15) is 4.79 Å². The van der Waals surface area contributed by atoms with Gasteiger partial charge in [-0.15, -0.1) is 0 Å². The van der Waals surface area contributed by atoms with E-state index in [2.05, 4.69) is 15.2 Å². The summed E-state index contributed by atoms with van der Waals surface area (Å²) in [5.41, 5.74) is 3.29. The highest BCUT2D eigenvalue weighted by atomic mass is 35.5. The Labute approximate surface area is 147 Å². The predicted octanol–water partition coefficient (Wildman–Crippen LogP) is 4.68. The van der Waals surface area contributed by atoms with E-state index in [1.54, 1.807) is 12.3 Å². The van der Waals surface area contributed by atoms with Gasteiger partial charge in [0.2, 0.25) is 0 Å². The molecule has 2 heterocycles. The summed E-state index contributed by atoms with van der Waals surface area (Å²) in [6.07, 6.45) is 8.38. The highest BCUT2D eigenvalue weighted by molar-refractivity contribution is 6.31. The van der Waals surface area contributed by atoms with E-state index in [-0.39, 0.29) is 5.91 Å². The van der Waals surface area contributed by atoms with Crippen molar-refractivity contribution in [2.75, 3.05) is 23.3 Å². The van der Waals surface area contributed by atoms with E-state index in [1.165, 1.54) is 25.7 Å². The summed E-state index contributed by atoms with van der Waals surface area (Å²) in [4.78, 5) is 19.2. The van der Waals surface area contributed by atoms with Crippen LogP contribution in [0.2, 0.25) is 5.02 Å². The lowest BCUT2D eigenvalue weighted by atomic mass is 10.2. The summed E-state index contributed by atoms with van der Waals surface area (Å²) >= 11 is 6.02. The van der Waals surface area contributed by atoms with Gasteiger partial charge in [-0.3, -0.25) is 9.78 Å². The van der Waals surface area contributed by atoms with Crippen molar-refractivity contribution in [1.82, 2.24) is 4.98 Å². The number of anilines is 2. The number of nitrogens with one attached hydrogen (secondary N) is 1. The lowest BCUT2D eigenvalue weighted by molar-refractivity contribution is 0.102. The van der Waals surface area contributed by atoms with Crippen LogP contribution in [0.4, 0.5) is 11.4 Å². The Morgan fingerprint density at radius 3 is 2.62 bits per heavy atom. The first-order chi connectivity index (χ1) is 11.6. The lowest BCUT2D eigenvalue weighted by Gasteiger charge is -2.22. The smallest absolute Gasteiger partial charge is 0.257 e. The second-order valence-electron chi connectivity index (χ2n) is 6.25. The number of carbonyl (C=O) groups is 1. The number of hydrogen-bond donors (Lipinski definition) is 1. The fraction of sp³-hybridized carbons (Fsp3) is 0.368. The maximum Gasteiger partial charge on any atom is 0.257 e. The van der Waals surface area contributed by atoms with Gasteiger partial charge in [-0.2, -0.15) is 0 Å². The van der Waals surface area contributed by atoms with Gasteiger partial charge in [-0.25, -0.2) is 0 Å². The quantitative estimate of drug-likeness (QED) is 0.880. The molecular formula is C19H22ClN3O. The molecule has 1 amide bonds. The number of hydrogen-bond acceptors (Lipinski definition) is 3. The molecule has 1 aromatic carbocycles. The lowest BCUT2D eigenvalue weighted by Crippen LogP contribution is -2.24. The van der Waals surface area contributed by atoms with Crippen LogP contribution in [-0.2, 0) is 0 Å². The molecule has 1 saturated heterocycles. The zero-order chi connectivity index (χ0) is 16.9. The van der Waals surface area contributed by atoms with Gasteiger partial charge in [0.15, 0.2) is 0 Å². The van der Waals surface area contributed by atoms with Crippen LogP contribution < -0.4 is 10.2 Å². The molecule has 1 aliphatic rings. The first-order valence-electron chi connectivity index (χ1n) is 8.41. The number of halogens is 1. The van der Waals surface area contributed by atoms with E-state index in [0.29, 0.717) is 10.6 Å². The third kappa shape index (κ3) is 4.06. The molecule has 0 bridgehead atoms. The van der Waals surface area contributed by atoms with Gasteiger partial charge in [-0.1, -0.05) is 30.5 Å². The molecule has 0 aliphatic carbocycles. The van der Waals surface area contributed by atoms with Gasteiger partial charge >= 0.3 is 0 Å². The molecular weight excluding hydrogens is 322 g/mol. The third-order valence-corrected chi connectivity index (χ3v) is 4.64. The number of carbonyl (C=O) groups excluding carboxylic acids is 1. The van der Waals surface area contributed by atoms with Crippen molar-refractivity contribution in [2.45, 2.75) is 32.6 Å². The minimum absolute atomic E-state index is 0.162. The summed E-state index contributed by atoms with van der Waals surface area (Å²) < 4.78 is 0.